The highest BCUT2D eigenvalue weighted by Crippen LogP contribution is 2.30. The van der Waals surface area contributed by atoms with Crippen LogP contribution < -0.4 is 10.1 Å². The molecule has 2 aromatic carbocycles. The predicted molar refractivity (Wildman–Crippen MR) is 117 cm³/mol. The first-order valence-corrected chi connectivity index (χ1v) is 9.96. The fourth-order valence-corrected chi connectivity index (χ4v) is 3.92. The van der Waals surface area contributed by atoms with Crippen LogP contribution in [-0.4, -0.2) is 37.9 Å². The van der Waals surface area contributed by atoms with Gasteiger partial charge in [0.25, 0.3) is 0 Å². The van der Waals surface area contributed by atoms with E-state index in [1.165, 1.54) is 0 Å². The highest BCUT2D eigenvalue weighted by atomic mass is 35.5. The van der Waals surface area contributed by atoms with Gasteiger partial charge in [0.1, 0.15) is 5.75 Å². The monoisotopic (exact) mass is 427 g/mol. The molecule has 0 atom stereocenters. The first-order chi connectivity index (χ1) is 14.4. The molecule has 0 radical (unpaired) electrons. The molecule has 0 aliphatic rings. The third-order valence-electron chi connectivity index (χ3n) is 4.80. The van der Waals surface area contributed by atoms with Gasteiger partial charge in [-0.25, -0.2) is 4.79 Å². The summed E-state index contributed by atoms with van der Waals surface area (Å²) < 4.78 is 8.66. The zero-order valence-electron chi connectivity index (χ0n) is 16.9. The molecule has 0 bridgehead atoms. The maximum atomic E-state index is 10.9. The minimum Gasteiger partial charge on any atom is -0.449 e. The van der Waals surface area contributed by atoms with E-state index in [-0.39, 0.29) is 5.75 Å². The van der Waals surface area contributed by atoms with Crippen molar-refractivity contribution in [2.24, 2.45) is 5.92 Å². The summed E-state index contributed by atoms with van der Waals surface area (Å²) in [6.45, 7) is 5.59. The Balaban J connectivity index is 1.81. The van der Waals surface area contributed by atoms with Crippen LogP contribution in [0.25, 0.3) is 21.8 Å². The van der Waals surface area contributed by atoms with Crippen LogP contribution in [0.1, 0.15) is 19.4 Å². The molecule has 0 unspecified atom stereocenters. The number of benzene rings is 2. The number of ether oxygens (including phenoxy) is 1. The number of fused-ring (bicyclic) bond motifs is 2. The van der Waals surface area contributed by atoms with E-state index in [9.17, 15) is 4.79 Å². The van der Waals surface area contributed by atoms with Crippen molar-refractivity contribution in [1.29, 1.82) is 0 Å². The molecule has 2 heterocycles. The maximum Gasteiger partial charge on any atom is 0.511 e. The fourth-order valence-electron chi connectivity index (χ4n) is 3.68. The molecule has 4 rings (SSSR count). The number of aromatic nitrogens is 4. The maximum absolute atomic E-state index is 10.9. The second-order valence-electron chi connectivity index (χ2n) is 7.53. The van der Waals surface area contributed by atoms with Crippen LogP contribution in [0.5, 0.6) is 5.75 Å². The van der Waals surface area contributed by atoms with Crippen LogP contribution in [0.4, 0.5) is 10.6 Å². The van der Waals surface area contributed by atoms with Crippen molar-refractivity contribution in [3.8, 4) is 5.75 Å². The quantitative estimate of drug-likeness (QED) is 0.337. The third-order valence-corrected chi connectivity index (χ3v) is 5.02. The molecule has 0 aliphatic carbocycles. The molecule has 2 N–H and O–H groups in total. The van der Waals surface area contributed by atoms with Crippen LogP contribution in [0.3, 0.4) is 0 Å². The van der Waals surface area contributed by atoms with Crippen molar-refractivity contribution in [1.82, 2.24) is 19.6 Å². The van der Waals surface area contributed by atoms with Crippen molar-refractivity contribution in [2.75, 3.05) is 12.4 Å². The number of halogens is 1. The number of hydrogen-bond acceptors (Lipinski definition) is 5. The minimum atomic E-state index is -1.35. The predicted octanol–water partition coefficient (Wildman–Crippen LogP) is 4.84. The molecule has 0 saturated heterocycles. The van der Waals surface area contributed by atoms with E-state index in [1.54, 1.807) is 25.2 Å². The van der Waals surface area contributed by atoms with Gasteiger partial charge in [0, 0.05) is 35.0 Å². The van der Waals surface area contributed by atoms with Gasteiger partial charge in [-0.3, -0.25) is 9.36 Å². The summed E-state index contributed by atoms with van der Waals surface area (Å²) >= 11 is 6.37. The average Bonchev–Trinajstić information content (AvgIpc) is 3.22. The molecule has 0 saturated carbocycles. The normalized spacial score (nSPS) is 11.5. The molecule has 9 heteroatoms. The Kier molecular flexibility index (Phi) is 5.26. The second-order valence-corrected chi connectivity index (χ2v) is 7.96. The lowest BCUT2D eigenvalue weighted by molar-refractivity contribution is 0.144. The van der Waals surface area contributed by atoms with Crippen molar-refractivity contribution >= 4 is 45.4 Å². The van der Waals surface area contributed by atoms with Gasteiger partial charge >= 0.3 is 6.16 Å². The van der Waals surface area contributed by atoms with Crippen molar-refractivity contribution < 1.29 is 14.6 Å². The van der Waals surface area contributed by atoms with E-state index < -0.39 is 6.16 Å². The summed E-state index contributed by atoms with van der Waals surface area (Å²) in [6.07, 6.45) is 0.482. The summed E-state index contributed by atoms with van der Waals surface area (Å²) in [6, 6.07) is 8.94. The van der Waals surface area contributed by atoms with Crippen molar-refractivity contribution in [3.63, 3.8) is 0 Å². The Bertz CT molecular complexity index is 1240. The van der Waals surface area contributed by atoms with E-state index in [0.717, 1.165) is 33.9 Å². The lowest BCUT2D eigenvalue weighted by Gasteiger charge is -2.12. The lowest BCUT2D eigenvalue weighted by Crippen LogP contribution is -2.09. The Morgan fingerprint density at radius 3 is 2.77 bits per heavy atom. The first kappa shape index (κ1) is 20.0. The molecule has 4 aromatic rings. The number of anilines is 1. The molecular formula is C21H22ClN5O3. The van der Waals surface area contributed by atoms with Crippen LogP contribution in [0, 0.1) is 5.92 Å². The summed E-state index contributed by atoms with van der Waals surface area (Å²) in [7, 11) is 1.77. The van der Waals surface area contributed by atoms with E-state index in [0.29, 0.717) is 23.3 Å². The van der Waals surface area contributed by atoms with Gasteiger partial charge in [-0.1, -0.05) is 25.4 Å². The number of rotatable bonds is 6. The highest BCUT2D eigenvalue weighted by molar-refractivity contribution is 6.31. The van der Waals surface area contributed by atoms with Gasteiger partial charge in [0.15, 0.2) is 5.82 Å². The number of nitrogens with one attached hydrogen (secondary N) is 1. The smallest absolute Gasteiger partial charge is 0.449 e. The first-order valence-electron chi connectivity index (χ1n) is 9.58. The van der Waals surface area contributed by atoms with Crippen LogP contribution >= 0.6 is 11.6 Å². The molecule has 30 heavy (non-hydrogen) atoms. The molecule has 0 fully saturated rings. The van der Waals surface area contributed by atoms with Crippen molar-refractivity contribution in [2.45, 2.75) is 26.9 Å². The second kappa shape index (κ2) is 7.87. The Hall–Kier alpha value is -3.26. The zero-order chi connectivity index (χ0) is 21.4. The molecule has 0 aliphatic heterocycles. The van der Waals surface area contributed by atoms with E-state index in [4.69, 9.17) is 21.4 Å². The fraction of sp³-hybridized carbons (Fsp3) is 0.286. The molecular weight excluding hydrogens is 406 g/mol. The van der Waals surface area contributed by atoms with E-state index >= 15 is 0 Å². The molecule has 8 nitrogen and oxygen atoms in total. The minimum absolute atomic E-state index is 0.242. The third kappa shape index (κ3) is 3.78. The number of carboxylic acid groups (broad SMARTS) is 1. The van der Waals surface area contributed by atoms with Gasteiger partial charge < -0.3 is 15.2 Å². The van der Waals surface area contributed by atoms with Gasteiger partial charge in [-0.2, -0.15) is 10.2 Å². The average molecular weight is 428 g/mol. The number of hydrogen-bond donors (Lipinski definition) is 2. The summed E-state index contributed by atoms with van der Waals surface area (Å²) in [4.78, 5) is 10.9. The summed E-state index contributed by atoms with van der Waals surface area (Å²) in [5.74, 6) is 1.33. The van der Waals surface area contributed by atoms with Crippen LogP contribution in [0.2, 0.25) is 5.02 Å². The van der Waals surface area contributed by atoms with Crippen molar-refractivity contribution in [3.05, 3.63) is 47.1 Å². The molecule has 0 amide bonds. The van der Waals surface area contributed by atoms with E-state index in [2.05, 4.69) is 29.4 Å². The van der Waals surface area contributed by atoms with Gasteiger partial charge in [-0.15, -0.1) is 0 Å². The SMILES string of the molecule is CNc1nn(Cc2cc(Cl)cc3cnn(CC(C)C)c23)c2ccc(OC(=O)O)cc12. The standard InChI is InChI=1S/C21H22ClN5O3/c1-12(2)10-27-19-13(9-24-27)6-15(22)7-14(19)11-26-18-5-4-16(30-21(28)29)8-17(18)20(23-3)25-26/h4-9,12H,10-11H2,1-3H3,(H,23,25)(H,28,29). The zero-order valence-corrected chi connectivity index (χ0v) is 17.6. The lowest BCUT2D eigenvalue weighted by atomic mass is 10.1. The topological polar surface area (TPSA) is 94.2 Å². The summed E-state index contributed by atoms with van der Waals surface area (Å²) in [5, 5.41) is 23.5. The number of nitrogens with zero attached hydrogens (tertiary/aromatic N) is 4. The van der Waals surface area contributed by atoms with Gasteiger partial charge in [-0.05, 0) is 36.2 Å². The molecule has 2 aromatic heterocycles. The number of carbonyl (C=O) groups is 1. The Morgan fingerprint density at radius 2 is 2.07 bits per heavy atom. The van der Waals surface area contributed by atoms with Gasteiger partial charge in [0.2, 0.25) is 0 Å². The largest absolute Gasteiger partial charge is 0.511 e. The highest BCUT2D eigenvalue weighted by Gasteiger charge is 2.16. The van der Waals surface area contributed by atoms with Crippen LogP contribution in [-0.2, 0) is 13.1 Å². The van der Waals surface area contributed by atoms with Crippen LogP contribution in [0.15, 0.2) is 36.5 Å². The summed E-state index contributed by atoms with van der Waals surface area (Å²) in [5.41, 5.74) is 2.89. The molecule has 156 valence electrons. The van der Waals surface area contributed by atoms with Gasteiger partial charge in [0.05, 0.1) is 23.8 Å². The Morgan fingerprint density at radius 1 is 1.27 bits per heavy atom. The molecule has 0 spiro atoms. The van der Waals surface area contributed by atoms with E-state index in [1.807, 2.05) is 27.7 Å². The Labute approximate surface area is 178 Å².